The van der Waals surface area contributed by atoms with E-state index in [1.807, 2.05) is 6.92 Å². The number of Topliss-reactive ketones (excluding diaryl/α,β-unsaturated/α-hetero) is 1. The van der Waals surface area contributed by atoms with Crippen LogP contribution in [0.5, 0.6) is 0 Å². The molecule has 1 aliphatic carbocycles. The van der Waals surface area contributed by atoms with Crippen LogP contribution in [-0.2, 0) is 12.8 Å². The number of aliphatic hydroxyl groups is 1. The fraction of sp³-hybridized carbons (Fsp3) is 0.600. The zero-order chi connectivity index (χ0) is 10.1. The molecule has 76 valence electrons. The molecule has 0 spiro atoms. The Balaban J connectivity index is 2.37. The molecular formula is C10H13NO2S. The molecule has 0 radical (unpaired) electrons. The smallest absolute Gasteiger partial charge is 0.166 e. The molecule has 4 heteroatoms. The SMILES string of the molecule is CCc1nsc2c1C(=O)CC(CO)C2. The zero-order valence-electron chi connectivity index (χ0n) is 8.12. The van der Waals surface area contributed by atoms with Crippen molar-refractivity contribution in [3.63, 3.8) is 0 Å². The lowest BCUT2D eigenvalue weighted by atomic mass is 9.87. The number of carbonyl (C=O) groups excluding carboxylic acids is 1. The molecule has 0 amide bonds. The summed E-state index contributed by atoms with van der Waals surface area (Å²) in [7, 11) is 0. The maximum absolute atomic E-state index is 11.8. The van der Waals surface area contributed by atoms with E-state index in [0.29, 0.717) is 6.42 Å². The lowest BCUT2D eigenvalue weighted by molar-refractivity contribution is 0.0919. The van der Waals surface area contributed by atoms with Gasteiger partial charge in [-0.1, -0.05) is 6.92 Å². The Labute approximate surface area is 86.9 Å². The fourth-order valence-electron chi connectivity index (χ4n) is 1.89. The van der Waals surface area contributed by atoms with Gasteiger partial charge in [-0.15, -0.1) is 0 Å². The van der Waals surface area contributed by atoms with Crippen molar-refractivity contribution in [3.05, 3.63) is 16.1 Å². The van der Waals surface area contributed by atoms with Gasteiger partial charge < -0.3 is 5.11 Å². The molecule has 1 atom stereocenters. The Morgan fingerprint density at radius 3 is 3.00 bits per heavy atom. The van der Waals surface area contributed by atoms with Crippen molar-refractivity contribution in [2.75, 3.05) is 6.61 Å². The van der Waals surface area contributed by atoms with Crippen LogP contribution >= 0.6 is 11.5 Å². The second-order valence-electron chi connectivity index (χ2n) is 3.66. The van der Waals surface area contributed by atoms with Gasteiger partial charge in [-0.2, -0.15) is 4.37 Å². The normalized spacial score (nSPS) is 21.0. The predicted molar refractivity (Wildman–Crippen MR) is 54.7 cm³/mol. The van der Waals surface area contributed by atoms with Crippen LogP contribution in [0.25, 0.3) is 0 Å². The monoisotopic (exact) mass is 211 g/mol. The van der Waals surface area contributed by atoms with E-state index in [2.05, 4.69) is 4.37 Å². The van der Waals surface area contributed by atoms with Crippen LogP contribution in [0.2, 0.25) is 0 Å². The van der Waals surface area contributed by atoms with Crippen LogP contribution in [0.15, 0.2) is 0 Å². The highest BCUT2D eigenvalue weighted by molar-refractivity contribution is 7.06. The van der Waals surface area contributed by atoms with Crippen LogP contribution in [-0.4, -0.2) is 21.9 Å². The van der Waals surface area contributed by atoms with Gasteiger partial charge in [-0.05, 0) is 30.3 Å². The van der Waals surface area contributed by atoms with Gasteiger partial charge in [0.1, 0.15) is 0 Å². The third-order valence-electron chi connectivity index (χ3n) is 2.65. The van der Waals surface area contributed by atoms with Crippen molar-refractivity contribution < 1.29 is 9.90 Å². The van der Waals surface area contributed by atoms with E-state index >= 15 is 0 Å². The number of aliphatic hydroxyl groups excluding tert-OH is 1. The number of ketones is 1. The number of aryl methyl sites for hydroxylation is 1. The third kappa shape index (κ3) is 1.48. The fourth-order valence-corrected chi connectivity index (χ4v) is 2.96. The predicted octanol–water partition coefficient (Wildman–Crippen LogP) is 1.44. The first kappa shape index (κ1) is 9.80. The largest absolute Gasteiger partial charge is 0.396 e. The van der Waals surface area contributed by atoms with Crippen LogP contribution in [0.4, 0.5) is 0 Å². The minimum atomic E-state index is 0.102. The minimum absolute atomic E-state index is 0.102. The van der Waals surface area contributed by atoms with E-state index in [9.17, 15) is 4.79 Å². The van der Waals surface area contributed by atoms with Crippen molar-refractivity contribution >= 4 is 17.3 Å². The van der Waals surface area contributed by atoms with E-state index in [4.69, 9.17) is 5.11 Å². The highest BCUT2D eigenvalue weighted by Gasteiger charge is 2.28. The van der Waals surface area contributed by atoms with E-state index in [1.54, 1.807) is 0 Å². The van der Waals surface area contributed by atoms with Crippen molar-refractivity contribution in [1.29, 1.82) is 0 Å². The standard InChI is InChI=1S/C10H13NO2S/c1-2-7-10-8(13)3-6(5-12)4-9(10)14-11-7/h6,12H,2-5H2,1H3. The number of fused-ring (bicyclic) bond motifs is 1. The topological polar surface area (TPSA) is 50.2 Å². The second-order valence-corrected chi connectivity index (χ2v) is 4.52. The number of rotatable bonds is 2. The summed E-state index contributed by atoms with van der Waals surface area (Å²) in [5.74, 6) is 0.274. The molecule has 0 aromatic carbocycles. The Bertz CT molecular complexity index is 359. The molecule has 0 fully saturated rings. The van der Waals surface area contributed by atoms with Crippen molar-refractivity contribution in [3.8, 4) is 0 Å². The number of nitrogens with zero attached hydrogens (tertiary/aromatic N) is 1. The number of hydrogen-bond acceptors (Lipinski definition) is 4. The molecule has 3 nitrogen and oxygen atoms in total. The molecule has 1 aromatic rings. The first-order valence-electron chi connectivity index (χ1n) is 4.87. The van der Waals surface area contributed by atoms with Gasteiger partial charge in [0.05, 0.1) is 11.3 Å². The van der Waals surface area contributed by atoms with Gasteiger partial charge in [0.25, 0.3) is 0 Å². The van der Waals surface area contributed by atoms with Crippen LogP contribution in [0.1, 0.15) is 34.3 Å². The average molecular weight is 211 g/mol. The molecule has 0 aliphatic heterocycles. The van der Waals surface area contributed by atoms with Crippen molar-refractivity contribution in [2.24, 2.45) is 5.92 Å². The lowest BCUT2D eigenvalue weighted by Gasteiger charge is -2.18. The molecular weight excluding hydrogens is 198 g/mol. The summed E-state index contributed by atoms with van der Waals surface area (Å²) in [5.41, 5.74) is 1.79. The van der Waals surface area contributed by atoms with E-state index in [1.165, 1.54) is 11.5 Å². The van der Waals surface area contributed by atoms with E-state index in [0.717, 1.165) is 29.0 Å². The van der Waals surface area contributed by atoms with Gasteiger partial charge in [0.15, 0.2) is 5.78 Å². The molecule has 1 N–H and O–H groups in total. The summed E-state index contributed by atoms with van der Waals surface area (Å²) in [6.45, 7) is 2.12. The van der Waals surface area contributed by atoms with E-state index < -0.39 is 0 Å². The summed E-state index contributed by atoms with van der Waals surface area (Å²) in [6, 6.07) is 0. The van der Waals surface area contributed by atoms with Gasteiger partial charge in [0.2, 0.25) is 0 Å². The van der Waals surface area contributed by atoms with Crippen LogP contribution in [0.3, 0.4) is 0 Å². The molecule has 0 saturated carbocycles. The van der Waals surface area contributed by atoms with Gasteiger partial charge >= 0.3 is 0 Å². The highest BCUT2D eigenvalue weighted by Crippen LogP contribution is 2.30. The molecule has 1 aromatic heterocycles. The lowest BCUT2D eigenvalue weighted by Crippen LogP contribution is -2.21. The minimum Gasteiger partial charge on any atom is -0.396 e. The van der Waals surface area contributed by atoms with E-state index in [-0.39, 0.29) is 18.3 Å². The quantitative estimate of drug-likeness (QED) is 0.805. The summed E-state index contributed by atoms with van der Waals surface area (Å²) in [6.07, 6.45) is 2.12. The Morgan fingerprint density at radius 2 is 2.36 bits per heavy atom. The molecule has 1 unspecified atom stereocenters. The number of hydrogen-bond donors (Lipinski definition) is 1. The van der Waals surface area contributed by atoms with Crippen molar-refractivity contribution in [2.45, 2.75) is 26.2 Å². The Hall–Kier alpha value is -0.740. The summed E-state index contributed by atoms with van der Waals surface area (Å²) in [4.78, 5) is 12.8. The first-order valence-corrected chi connectivity index (χ1v) is 5.65. The molecule has 1 heterocycles. The number of aromatic nitrogens is 1. The average Bonchev–Trinajstić information content (AvgIpc) is 2.61. The van der Waals surface area contributed by atoms with Gasteiger partial charge in [0, 0.05) is 17.9 Å². The molecule has 14 heavy (non-hydrogen) atoms. The number of carbonyl (C=O) groups is 1. The summed E-state index contributed by atoms with van der Waals surface area (Å²) in [5, 5.41) is 9.03. The van der Waals surface area contributed by atoms with Gasteiger partial charge in [-0.3, -0.25) is 4.79 Å². The Kier molecular flexibility index (Phi) is 2.65. The van der Waals surface area contributed by atoms with Gasteiger partial charge in [-0.25, -0.2) is 0 Å². The first-order chi connectivity index (χ1) is 6.76. The third-order valence-corrected chi connectivity index (χ3v) is 3.56. The van der Waals surface area contributed by atoms with Crippen molar-refractivity contribution in [1.82, 2.24) is 4.37 Å². The molecule has 0 bridgehead atoms. The maximum Gasteiger partial charge on any atom is 0.166 e. The van der Waals surface area contributed by atoms with Crippen LogP contribution in [0, 0.1) is 5.92 Å². The summed E-state index contributed by atoms with van der Waals surface area (Å²) < 4.78 is 4.27. The zero-order valence-corrected chi connectivity index (χ0v) is 8.93. The Morgan fingerprint density at radius 1 is 1.57 bits per heavy atom. The molecule has 1 aliphatic rings. The highest BCUT2D eigenvalue weighted by atomic mass is 32.1. The molecule has 2 rings (SSSR count). The van der Waals surface area contributed by atoms with Crippen LogP contribution < -0.4 is 0 Å². The maximum atomic E-state index is 11.8. The molecule has 0 saturated heterocycles. The second kappa shape index (κ2) is 3.79. The summed E-state index contributed by atoms with van der Waals surface area (Å²) >= 11 is 1.42.